The molecule has 19 heavy (non-hydrogen) atoms. The monoisotopic (exact) mass is 276 g/mol. The van der Waals surface area contributed by atoms with Crippen LogP contribution in [0.5, 0.6) is 0 Å². The van der Waals surface area contributed by atoms with Gasteiger partial charge in [-0.05, 0) is 42.6 Å². The Hall–Kier alpha value is -1.32. The first-order valence-electron chi connectivity index (χ1n) is 6.64. The summed E-state index contributed by atoms with van der Waals surface area (Å²) in [7, 11) is 1.84. The van der Waals surface area contributed by atoms with E-state index in [4.69, 9.17) is 11.6 Å². The van der Waals surface area contributed by atoms with Gasteiger partial charge in [-0.2, -0.15) is 0 Å². The average Bonchev–Trinajstić information content (AvgIpc) is 2.89. The standard InChI is InChI=1S/C15H17ClN2O/c1-18-9-10-4-5-11(16)7-13(10)14(15(18)19)8-12-3-2-6-17-12/h4-5,7-8,12,17H,2-3,6,9H2,1H3. The summed E-state index contributed by atoms with van der Waals surface area (Å²) < 4.78 is 0. The maximum Gasteiger partial charge on any atom is 0.254 e. The third-order valence-electron chi connectivity index (χ3n) is 3.81. The lowest BCUT2D eigenvalue weighted by Crippen LogP contribution is -2.33. The van der Waals surface area contributed by atoms with Crippen molar-refractivity contribution in [1.82, 2.24) is 10.2 Å². The number of benzene rings is 1. The molecule has 1 fully saturated rings. The Morgan fingerprint density at radius 2 is 2.32 bits per heavy atom. The fourth-order valence-electron chi connectivity index (χ4n) is 2.80. The van der Waals surface area contributed by atoms with Gasteiger partial charge in [-0.1, -0.05) is 23.7 Å². The number of carbonyl (C=O) groups excluding carboxylic acids is 1. The van der Waals surface area contributed by atoms with E-state index in [1.807, 2.05) is 25.2 Å². The van der Waals surface area contributed by atoms with E-state index in [9.17, 15) is 4.79 Å². The highest BCUT2D eigenvalue weighted by molar-refractivity contribution is 6.31. The SMILES string of the molecule is CN1Cc2ccc(Cl)cc2C(=CC2CCCN2)C1=O. The van der Waals surface area contributed by atoms with Gasteiger partial charge >= 0.3 is 0 Å². The molecule has 1 atom stereocenters. The van der Waals surface area contributed by atoms with Crippen LogP contribution in [0.15, 0.2) is 24.3 Å². The molecule has 1 unspecified atom stereocenters. The van der Waals surface area contributed by atoms with Crippen molar-refractivity contribution in [3.63, 3.8) is 0 Å². The summed E-state index contributed by atoms with van der Waals surface area (Å²) in [5.74, 6) is 0.0865. The molecule has 1 saturated heterocycles. The van der Waals surface area contributed by atoms with Crippen LogP contribution < -0.4 is 5.32 Å². The first-order chi connectivity index (χ1) is 9.15. The molecule has 0 aromatic heterocycles. The van der Waals surface area contributed by atoms with Crippen molar-refractivity contribution in [3.8, 4) is 0 Å². The molecule has 3 nitrogen and oxygen atoms in total. The van der Waals surface area contributed by atoms with Crippen molar-refractivity contribution in [3.05, 3.63) is 40.4 Å². The van der Waals surface area contributed by atoms with E-state index in [1.54, 1.807) is 4.90 Å². The molecule has 2 heterocycles. The van der Waals surface area contributed by atoms with E-state index in [0.29, 0.717) is 17.6 Å². The highest BCUT2D eigenvalue weighted by Crippen LogP contribution is 2.31. The maximum absolute atomic E-state index is 12.4. The fourth-order valence-corrected chi connectivity index (χ4v) is 2.97. The first-order valence-corrected chi connectivity index (χ1v) is 7.02. The Morgan fingerprint density at radius 3 is 3.05 bits per heavy atom. The van der Waals surface area contributed by atoms with E-state index < -0.39 is 0 Å². The molecular formula is C15H17ClN2O. The van der Waals surface area contributed by atoms with Gasteiger partial charge in [-0.25, -0.2) is 0 Å². The van der Waals surface area contributed by atoms with Crippen LogP contribution in [0.25, 0.3) is 5.57 Å². The van der Waals surface area contributed by atoms with Gasteiger partial charge in [0.25, 0.3) is 5.91 Å². The van der Waals surface area contributed by atoms with Crippen LogP contribution in [0.2, 0.25) is 5.02 Å². The van der Waals surface area contributed by atoms with E-state index in [0.717, 1.165) is 29.7 Å². The minimum Gasteiger partial charge on any atom is -0.337 e. The lowest BCUT2D eigenvalue weighted by molar-refractivity contribution is -0.124. The highest BCUT2D eigenvalue weighted by atomic mass is 35.5. The lowest BCUT2D eigenvalue weighted by atomic mass is 9.93. The van der Waals surface area contributed by atoms with Gasteiger partial charge in [0.15, 0.2) is 0 Å². The number of amides is 1. The Labute approximate surface area is 118 Å². The Balaban J connectivity index is 2.06. The summed E-state index contributed by atoms with van der Waals surface area (Å²) >= 11 is 6.07. The molecule has 0 aliphatic carbocycles. The molecule has 0 bridgehead atoms. The zero-order valence-corrected chi connectivity index (χ0v) is 11.7. The molecule has 1 aromatic rings. The summed E-state index contributed by atoms with van der Waals surface area (Å²) in [5, 5.41) is 4.09. The second-order valence-corrected chi connectivity index (χ2v) is 5.68. The normalized spacial score (nSPS) is 24.9. The first kappa shape index (κ1) is 12.7. The molecule has 0 radical (unpaired) electrons. The van der Waals surface area contributed by atoms with Crippen LogP contribution in [-0.4, -0.2) is 30.4 Å². The zero-order chi connectivity index (χ0) is 13.4. The molecule has 100 valence electrons. The molecule has 1 N–H and O–H groups in total. The molecule has 1 aromatic carbocycles. The quantitative estimate of drug-likeness (QED) is 0.799. The molecule has 0 saturated carbocycles. The summed E-state index contributed by atoms with van der Waals surface area (Å²) in [5.41, 5.74) is 2.94. The summed E-state index contributed by atoms with van der Waals surface area (Å²) in [4.78, 5) is 14.1. The van der Waals surface area contributed by atoms with Crippen LogP contribution in [0.4, 0.5) is 0 Å². The van der Waals surface area contributed by atoms with E-state index in [1.165, 1.54) is 6.42 Å². The van der Waals surface area contributed by atoms with Gasteiger partial charge < -0.3 is 10.2 Å². The van der Waals surface area contributed by atoms with Gasteiger partial charge in [-0.15, -0.1) is 0 Å². The topological polar surface area (TPSA) is 32.3 Å². The number of fused-ring (bicyclic) bond motifs is 1. The number of hydrogen-bond acceptors (Lipinski definition) is 2. The number of rotatable bonds is 1. The molecular weight excluding hydrogens is 260 g/mol. The van der Waals surface area contributed by atoms with Gasteiger partial charge in [0, 0.05) is 30.2 Å². The van der Waals surface area contributed by atoms with Crippen molar-refractivity contribution in [2.24, 2.45) is 0 Å². The van der Waals surface area contributed by atoms with Crippen LogP contribution in [0.3, 0.4) is 0 Å². The molecule has 2 aliphatic rings. The van der Waals surface area contributed by atoms with Crippen LogP contribution >= 0.6 is 11.6 Å². The Bertz CT molecular complexity index is 547. The third-order valence-corrected chi connectivity index (χ3v) is 4.05. The molecule has 0 spiro atoms. The molecule has 2 aliphatic heterocycles. The number of likely N-dealkylation sites (N-methyl/N-ethyl adjacent to an activating group) is 1. The van der Waals surface area contributed by atoms with Crippen molar-refractivity contribution < 1.29 is 4.79 Å². The predicted molar refractivity (Wildman–Crippen MR) is 76.9 cm³/mol. The van der Waals surface area contributed by atoms with E-state index >= 15 is 0 Å². The van der Waals surface area contributed by atoms with Crippen molar-refractivity contribution in [2.75, 3.05) is 13.6 Å². The number of nitrogens with zero attached hydrogens (tertiary/aromatic N) is 1. The van der Waals surface area contributed by atoms with Crippen LogP contribution in [-0.2, 0) is 11.3 Å². The second kappa shape index (κ2) is 4.99. The number of carbonyl (C=O) groups is 1. The van der Waals surface area contributed by atoms with Crippen molar-refractivity contribution in [1.29, 1.82) is 0 Å². The highest BCUT2D eigenvalue weighted by Gasteiger charge is 2.27. The molecule has 4 heteroatoms. The Kier molecular flexibility index (Phi) is 3.33. The third kappa shape index (κ3) is 2.40. The van der Waals surface area contributed by atoms with Crippen LogP contribution in [0, 0.1) is 0 Å². The van der Waals surface area contributed by atoms with Crippen molar-refractivity contribution >= 4 is 23.1 Å². The van der Waals surface area contributed by atoms with Gasteiger partial charge in [0.05, 0.1) is 0 Å². The number of nitrogens with one attached hydrogen (secondary N) is 1. The molecule has 1 amide bonds. The van der Waals surface area contributed by atoms with E-state index in [2.05, 4.69) is 11.4 Å². The second-order valence-electron chi connectivity index (χ2n) is 5.25. The van der Waals surface area contributed by atoms with E-state index in [-0.39, 0.29) is 5.91 Å². The predicted octanol–water partition coefficient (Wildman–Crippen LogP) is 2.45. The smallest absolute Gasteiger partial charge is 0.254 e. The summed E-state index contributed by atoms with van der Waals surface area (Å²) in [6.07, 6.45) is 4.33. The Morgan fingerprint density at radius 1 is 1.47 bits per heavy atom. The van der Waals surface area contributed by atoms with Gasteiger partial charge in [-0.3, -0.25) is 4.79 Å². The number of halogens is 1. The number of hydrogen-bond donors (Lipinski definition) is 1. The summed E-state index contributed by atoms with van der Waals surface area (Å²) in [6, 6.07) is 6.10. The maximum atomic E-state index is 12.4. The minimum atomic E-state index is 0.0865. The largest absolute Gasteiger partial charge is 0.337 e. The van der Waals surface area contributed by atoms with Crippen molar-refractivity contribution in [2.45, 2.75) is 25.4 Å². The fraction of sp³-hybridized carbons (Fsp3) is 0.400. The average molecular weight is 277 g/mol. The minimum absolute atomic E-state index is 0.0865. The van der Waals surface area contributed by atoms with Crippen LogP contribution in [0.1, 0.15) is 24.0 Å². The van der Waals surface area contributed by atoms with Gasteiger partial charge in [0.2, 0.25) is 0 Å². The van der Waals surface area contributed by atoms with Gasteiger partial charge in [0.1, 0.15) is 0 Å². The lowest BCUT2D eigenvalue weighted by Gasteiger charge is -2.28. The zero-order valence-electron chi connectivity index (χ0n) is 10.9. The molecule has 3 rings (SSSR count). The summed E-state index contributed by atoms with van der Waals surface area (Å²) in [6.45, 7) is 1.68.